The predicted octanol–water partition coefficient (Wildman–Crippen LogP) is 2.77. The molecule has 0 fully saturated rings. The lowest BCUT2D eigenvalue weighted by Gasteiger charge is -2.21. The van der Waals surface area contributed by atoms with Crippen LogP contribution < -0.4 is 11.1 Å². The van der Waals surface area contributed by atoms with Crippen LogP contribution in [0.25, 0.3) is 0 Å². The van der Waals surface area contributed by atoms with Gasteiger partial charge in [-0.05, 0) is 24.6 Å². The van der Waals surface area contributed by atoms with Crippen LogP contribution >= 0.6 is 35.3 Å². The van der Waals surface area contributed by atoms with Crippen molar-refractivity contribution >= 4 is 47.2 Å². The largest absolute Gasteiger partial charge is 0.375 e. The molecule has 0 spiro atoms. The number of aliphatic imine (C=N–C) groups is 1. The van der Waals surface area contributed by atoms with Crippen LogP contribution in [0.5, 0.6) is 0 Å². The molecule has 2 rings (SSSR count). The molecule has 0 aliphatic rings. The molecule has 1 amide bonds. The summed E-state index contributed by atoms with van der Waals surface area (Å²) in [5.41, 5.74) is 7.75. The van der Waals surface area contributed by atoms with E-state index in [1.54, 1.807) is 37.6 Å². The second-order valence-corrected chi connectivity index (χ2v) is 6.77. The smallest absolute Gasteiger partial charge is 0.248 e. The third-order valence-electron chi connectivity index (χ3n) is 3.91. The maximum atomic E-state index is 11.3. The van der Waals surface area contributed by atoms with E-state index in [0.29, 0.717) is 18.7 Å². The number of methoxy groups -OCH3 is 1. The third kappa shape index (κ3) is 6.74. The lowest BCUT2D eigenvalue weighted by Crippen LogP contribution is -2.38. The van der Waals surface area contributed by atoms with Crippen molar-refractivity contribution in [3.8, 4) is 0 Å². The van der Waals surface area contributed by atoms with E-state index in [4.69, 9.17) is 10.5 Å². The first-order valence-electron chi connectivity index (χ1n) is 8.22. The number of nitrogens with one attached hydrogen (secondary N) is 1. The Morgan fingerprint density at radius 2 is 2.22 bits per heavy atom. The van der Waals surface area contributed by atoms with Crippen molar-refractivity contribution in [1.29, 1.82) is 0 Å². The second kappa shape index (κ2) is 11.2. The summed E-state index contributed by atoms with van der Waals surface area (Å²) >= 11 is 1.59. The number of halogens is 1. The number of carbonyl (C=O) groups is 1. The molecule has 7 nitrogen and oxygen atoms in total. The van der Waals surface area contributed by atoms with Crippen LogP contribution in [0.15, 0.2) is 34.6 Å². The summed E-state index contributed by atoms with van der Waals surface area (Å²) in [5.74, 6) is 0.307. The summed E-state index contributed by atoms with van der Waals surface area (Å²) in [5, 5.41) is 6.28. The Morgan fingerprint density at radius 1 is 1.48 bits per heavy atom. The van der Waals surface area contributed by atoms with Gasteiger partial charge in [-0.1, -0.05) is 12.1 Å². The van der Waals surface area contributed by atoms with Crippen LogP contribution in [-0.2, 0) is 17.8 Å². The van der Waals surface area contributed by atoms with Crippen molar-refractivity contribution < 1.29 is 9.53 Å². The van der Waals surface area contributed by atoms with Gasteiger partial charge in [-0.15, -0.1) is 35.3 Å². The summed E-state index contributed by atoms with van der Waals surface area (Å²) < 4.78 is 5.30. The molecule has 0 bridgehead atoms. The highest BCUT2D eigenvalue weighted by Gasteiger charge is 2.13. The van der Waals surface area contributed by atoms with Crippen molar-refractivity contribution in [1.82, 2.24) is 15.2 Å². The second-order valence-electron chi connectivity index (χ2n) is 5.88. The fraction of sp³-hybridized carbons (Fsp3) is 0.389. The van der Waals surface area contributed by atoms with E-state index in [0.717, 1.165) is 22.2 Å². The van der Waals surface area contributed by atoms with Gasteiger partial charge < -0.3 is 20.7 Å². The minimum Gasteiger partial charge on any atom is -0.375 e. The van der Waals surface area contributed by atoms with Gasteiger partial charge in [-0.25, -0.2) is 4.98 Å². The number of guanidine groups is 1. The van der Waals surface area contributed by atoms with E-state index in [-0.39, 0.29) is 30.1 Å². The number of hydrogen-bond acceptors (Lipinski definition) is 5. The number of nitrogens with two attached hydrogens (primary N) is 1. The Kier molecular flexibility index (Phi) is 9.67. The highest BCUT2D eigenvalue weighted by molar-refractivity contribution is 14.0. The molecule has 0 saturated heterocycles. The Morgan fingerprint density at radius 3 is 2.85 bits per heavy atom. The zero-order valence-electron chi connectivity index (χ0n) is 15.9. The fourth-order valence-electron chi connectivity index (χ4n) is 2.40. The van der Waals surface area contributed by atoms with Crippen molar-refractivity contribution in [3.05, 3.63) is 51.5 Å². The number of aromatic nitrogens is 1. The van der Waals surface area contributed by atoms with Crippen LogP contribution in [0.2, 0.25) is 0 Å². The monoisotopic (exact) mass is 503 g/mol. The minimum absolute atomic E-state index is 0. The maximum Gasteiger partial charge on any atom is 0.248 e. The average molecular weight is 503 g/mol. The summed E-state index contributed by atoms with van der Waals surface area (Å²) in [6, 6.07) is 7.23. The molecule has 27 heavy (non-hydrogen) atoms. The van der Waals surface area contributed by atoms with E-state index in [1.807, 2.05) is 36.4 Å². The molecule has 0 saturated carbocycles. The van der Waals surface area contributed by atoms with E-state index in [1.165, 1.54) is 0 Å². The SMILES string of the molecule is CN=C(NCc1cccc(C(N)=O)c1)N(C)Cc1csc(C(C)OC)n1.I. The molecule has 1 aromatic heterocycles. The number of nitrogens with zero attached hydrogens (tertiary/aromatic N) is 3. The number of carbonyl (C=O) groups excluding carboxylic acids is 1. The number of benzene rings is 1. The third-order valence-corrected chi connectivity index (χ3v) is 4.96. The molecule has 0 radical (unpaired) electrons. The molecule has 1 heterocycles. The van der Waals surface area contributed by atoms with Crippen LogP contribution in [0, 0.1) is 0 Å². The molecule has 1 atom stereocenters. The Bertz CT molecular complexity index is 781. The first kappa shape index (κ1) is 23.3. The summed E-state index contributed by atoms with van der Waals surface area (Å²) in [6.45, 7) is 3.15. The number of hydrogen-bond donors (Lipinski definition) is 2. The lowest BCUT2D eigenvalue weighted by molar-refractivity contribution is 0.1000. The van der Waals surface area contributed by atoms with Gasteiger partial charge in [0.1, 0.15) is 11.1 Å². The Balaban J connectivity index is 0.00000364. The van der Waals surface area contributed by atoms with Gasteiger partial charge in [0.25, 0.3) is 0 Å². The van der Waals surface area contributed by atoms with Crippen LogP contribution in [0.4, 0.5) is 0 Å². The average Bonchev–Trinajstić information content (AvgIpc) is 3.10. The molecule has 2 aromatic rings. The zero-order chi connectivity index (χ0) is 19.1. The molecular formula is C18H26IN5O2S. The quantitative estimate of drug-likeness (QED) is 0.345. The van der Waals surface area contributed by atoms with Gasteiger partial charge in [0.2, 0.25) is 5.91 Å². The van der Waals surface area contributed by atoms with Gasteiger partial charge in [0, 0.05) is 38.7 Å². The number of ether oxygens (including phenoxy) is 1. The van der Waals surface area contributed by atoms with E-state index in [9.17, 15) is 4.79 Å². The standard InChI is InChI=1S/C18H25N5O2S.HI/c1-12(25-4)17-22-15(11-26-17)10-23(3)18(20-2)21-9-13-6-5-7-14(8-13)16(19)24;/h5-8,11-12H,9-10H2,1-4H3,(H2,19,24)(H,20,21);1H. The first-order valence-corrected chi connectivity index (χ1v) is 9.10. The fourth-order valence-corrected chi connectivity index (χ4v) is 3.24. The van der Waals surface area contributed by atoms with Crippen molar-refractivity contribution in [2.75, 3.05) is 21.2 Å². The van der Waals surface area contributed by atoms with Gasteiger partial charge in [0.15, 0.2) is 5.96 Å². The summed E-state index contributed by atoms with van der Waals surface area (Å²) in [4.78, 5) is 22.2. The lowest BCUT2D eigenvalue weighted by atomic mass is 10.1. The predicted molar refractivity (Wildman–Crippen MR) is 120 cm³/mol. The molecule has 0 aliphatic heterocycles. The Labute approximate surface area is 181 Å². The van der Waals surface area contributed by atoms with Gasteiger partial charge in [-0.2, -0.15) is 0 Å². The van der Waals surface area contributed by atoms with Gasteiger partial charge in [0.05, 0.1) is 12.2 Å². The highest BCUT2D eigenvalue weighted by atomic mass is 127. The normalized spacial score (nSPS) is 12.2. The minimum atomic E-state index is -0.432. The zero-order valence-corrected chi connectivity index (χ0v) is 19.1. The molecule has 0 aliphatic carbocycles. The maximum absolute atomic E-state index is 11.3. The van der Waals surface area contributed by atoms with Gasteiger partial charge in [-0.3, -0.25) is 9.79 Å². The summed E-state index contributed by atoms with van der Waals surface area (Å²) in [7, 11) is 5.36. The molecule has 1 aromatic carbocycles. The van der Waals surface area contributed by atoms with Crippen molar-refractivity contribution in [2.24, 2.45) is 10.7 Å². The highest BCUT2D eigenvalue weighted by Crippen LogP contribution is 2.20. The first-order chi connectivity index (χ1) is 12.4. The van der Waals surface area contributed by atoms with Crippen LogP contribution in [0.3, 0.4) is 0 Å². The van der Waals surface area contributed by atoms with E-state index < -0.39 is 5.91 Å². The van der Waals surface area contributed by atoms with Crippen molar-refractivity contribution in [3.63, 3.8) is 0 Å². The van der Waals surface area contributed by atoms with Crippen molar-refractivity contribution in [2.45, 2.75) is 26.1 Å². The molecule has 148 valence electrons. The summed E-state index contributed by atoms with van der Waals surface area (Å²) in [6.07, 6.45) is -0.00553. The van der Waals surface area contributed by atoms with E-state index in [2.05, 4.69) is 15.3 Å². The van der Waals surface area contributed by atoms with Crippen LogP contribution in [-0.4, -0.2) is 43.0 Å². The Hall–Kier alpha value is -1.72. The molecule has 3 N–H and O–H groups in total. The number of primary amides is 1. The number of amides is 1. The topological polar surface area (TPSA) is 92.8 Å². The van der Waals surface area contributed by atoms with Crippen LogP contribution in [0.1, 0.15) is 39.7 Å². The molecular weight excluding hydrogens is 477 g/mol. The number of thiazole rings is 1. The van der Waals surface area contributed by atoms with E-state index >= 15 is 0 Å². The van der Waals surface area contributed by atoms with Gasteiger partial charge >= 0.3 is 0 Å². The molecule has 9 heteroatoms. The molecule has 1 unspecified atom stereocenters. The number of rotatable bonds is 7.